The summed E-state index contributed by atoms with van der Waals surface area (Å²) in [6.45, 7) is 7.23. The minimum absolute atomic E-state index is 0.00603. The molecule has 6 heteroatoms. The summed E-state index contributed by atoms with van der Waals surface area (Å²) in [5.41, 5.74) is 3.69. The van der Waals surface area contributed by atoms with Crippen molar-refractivity contribution in [1.82, 2.24) is 0 Å². The van der Waals surface area contributed by atoms with Crippen molar-refractivity contribution < 1.29 is 23.4 Å². The van der Waals surface area contributed by atoms with Crippen molar-refractivity contribution in [3.05, 3.63) is 69.1 Å². The van der Waals surface area contributed by atoms with E-state index < -0.39 is 5.63 Å². The number of hydrogen-bond acceptors (Lipinski definition) is 6. The highest BCUT2D eigenvalue weighted by molar-refractivity contribution is 5.82. The maximum absolute atomic E-state index is 12.4. The van der Waals surface area contributed by atoms with Crippen LogP contribution in [-0.2, 0) is 22.6 Å². The lowest BCUT2D eigenvalue weighted by atomic mass is 9.95. The van der Waals surface area contributed by atoms with Gasteiger partial charge in [0.15, 0.2) is 11.5 Å². The van der Waals surface area contributed by atoms with Gasteiger partial charge >= 0.3 is 11.6 Å². The second-order valence-corrected chi connectivity index (χ2v) is 7.77. The first-order chi connectivity index (χ1) is 14.4. The zero-order valence-electron chi connectivity index (χ0n) is 17.3. The molecule has 2 heterocycles. The Hall–Kier alpha value is -3.28. The first-order valence-electron chi connectivity index (χ1n) is 10.0. The van der Waals surface area contributed by atoms with Gasteiger partial charge in [0.2, 0.25) is 0 Å². The molecule has 0 aliphatic carbocycles. The molecule has 2 aromatic carbocycles. The van der Waals surface area contributed by atoms with Crippen LogP contribution >= 0.6 is 0 Å². The molecule has 1 aromatic heterocycles. The zero-order valence-corrected chi connectivity index (χ0v) is 17.3. The average Bonchev–Trinajstić information content (AvgIpc) is 2.71. The molecule has 0 saturated heterocycles. The van der Waals surface area contributed by atoms with E-state index in [-0.39, 0.29) is 19.0 Å². The van der Waals surface area contributed by atoms with E-state index in [0.29, 0.717) is 41.8 Å². The Morgan fingerprint density at radius 2 is 1.83 bits per heavy atom. The van der Waals surface area contributed by atoms with Crippen molar-refractivity contribution in [2.75, 3.05) is 13.2 Å². The Morgan fingerprint density at radius 3 is 2.60 bits per heavy atom. The molecule has 0 atom stereocenters. The van der Waals surface area contributed by atoms with Gasteiger partial charge in [-0.05, 0) is 53.8 Å². The fraction of sp³-hybridized carbons (Fsp3) is 0.333. The minimum Gasteiger partial charge on any atom is -0.486 e. The number of hydrogen-bond donors (Lipinski definition) is 0. The summed E-state index contributed by atoms with van der Waals surface area (Å²) in [5, 5.41) is 0.788. The Morgan fingerprint density at radius 1 is 1.07 bits per heavy atom. The zero-order chi connectivity index (χ0) is 21.3. The summed E-state index contributed by atoms with van der Waals surface area (Å²) in [4.78, 5) is 24.4. The maximum Gasteiger partial charge on any atom is 0.336 e. The number of ether oxygens (including phenoxy) is 3. The first kappa shape index (κ1) is 20.0. The summed E-state index contributed by atoms with van der Waals surface area (Å²) >= 11 is 0. The van der Waals surface area contributed by atoms with Crippen LogP contribution in [-0.4, -0.2) is 19.2 Å². The van der Waals surface area contributed by atoms with Crippen LogP contribution in [0.25, 0.3) is 11.0 Å². The van der Waals surface area contributed by atoms with Gasteiger partial charge in [-0.25, -0.2) is 4.79 Å². The Bertz CT molecular complexity index is 1160. The monoisotopic (exact) mass is 408 g/mol. The summed E-state index contributed by atoms with van der Waals surface area (Å²) in [6, 6.07) is 10.7. The number of fused-ring (bicyclic) bond motifs is 2. The van der Waals surface area contributed by atoms with Crippen LogP contribution in [0.1, 0.15) is 42.0 Å². The van der Waals surface area contributed by atoms with Gasteiger partial charge in [-0.3, -0.25) is 4.79 Å². The highest BCUT2D eigenvalue weighted by Crippen LogP contribution is 2.31. The quantitative estimate of drug-likeness (QED) is 0.463. The third kappa shape index (κ3) is 4.17. The molecule has 156 valence electrons. The molecule has 0 fully saturated rings. The lowest BCUT2D eigenvalue weighted by molar-refractivity contribution is -0.144. The van der Waals surface area contributed by atoms with Gasteiger partial charge in [0.25, 0.3) is 0 Å². The van der Waals surface area contributed by atoms with Crippen molar-refractivity contribution in [1.29, 1.82) is 0 Å². The topological polar surface area (TPSA) is 75.0 Å². The molecule has 0 N–H and O–H groups in total. The summed E-state index contributed by atoms with van der Waals surface area (Å²) in [7, 11) is 0. The number of esters is 1. The van der Waals surface area contributed by atoms with E-state index in [2.05, 4.69) is 13.8 Å². The average molecular weight is 408 g/mol. The normalized spacial score (nSPS) is 12.9. The van der Waals surface area contributed by atoms with Crippen LogP contribution in [0.15, 0.2) is 45.6 Å². The largest absolute Gasteiger partial charge is 0.486 e. The fourth-order valence-electron chi connectivity index (χ4n) is 3.71. The van der Waals surface area contributed by atoms with Crippen LogP contribution in [0.2, 0.25) is 0 Å². The molecule has 0 radical (unpaired) electrons. The molecule has 4 rings (SSSR count). The second kappa shape index (κ2) is 8.22. The smallest absolute Gasteiger partial charge is 0.336 e. The van der Waals surface area contributed by atoms with Crippen LogP contribution in [0.3, 0.4) is 0 Å². The third-order valence-electron chi connectivity index (χ3n) is 5.18. The van der Waals surface area contributed by atoms with E-state index in [4.69, 9.17) is 18.6 Å². The van der Waals surface area contributed by atoms with E-state index >= 15 is 0 Å². The van der Waals surface area contributed by atoms with E-state index in [1.165, 1.54) is 11.6 Å². The summed E-state index contributed by atoms with van der Waals surface area (Å²) in [5.74, 6) is 1.25. The first-order valence-corrected chi connectivity index (χ1v) is 10.0. The van der Waals surface area contributed by atoms with Gasteiger partial charge in [-0.2, -0.15) is 0 Å². The summed E-state index contributed by atoms with van der Waals surface area (Å²) in [6.07, 6.45) is 0.104. The Balaban J connectivity index is 1.52. The molecule has 0 amide bonds. The molecule has 30 heavy (non-hydrogen) atoms. The molecular formula is C24H24O6. The van der Waals surface area contributed by atoms with Crippen molar-refractivity contribution in [2.45, 2.75) is 39.7 Å². The van der Waals surface area contributed by atoms with Gasteiger partial charge in [-0.15, -0.1) is 0 Å². The molecule has 3 aromatic rings. The Labute approximate surface area is 174 Å². The molecule has 1 aliphatic rings. The van der Waals surface area contributed by atoms with Gasteiger partial charge in [0.1, 0.15) is 25.4 Å². The van der Waals surface area contributed by atoms with Crippen molar-refractivity contribution in [2.24, 2.45) is 0 Å². The number of rotatable bonds is 5. The maximum atomic E-state index is 12.4. The van der Waals surface area contributed by atoms with Gasteiger partial charge in [0, 0.05) is 17.0 Å². The molecule has 6 nitrogen and oxygen atoms in total. The molecule has 0 spiro atoms. The van der Waals surface area contributed by atoms with Crippen LogP contribution < -0.4 is 15.1 Å². The van der Waals surface area contributed by atoms with Crippen molar-refractivity contribution >= 4 is 16.9 Å². The molecular weight excluding hydrogens is 384 g/mol. The van der Waals surface area contributed by atoms with Gasteiger partial charge < -0.3 is 18.6 Å². The van der Waals surface area contributed by atoms with Gasteiger partial charge in [0.05, 0.1) is 6.42 Å². The number of aryl methyl sites for hydroxylation is 1. The van der Waals surface area contributed by atoms with Crippen LogP contribution in [0.5, 0.6) is 11.5 Å². The molecule has 0 saturated carbocycles. The number of benzene rings is 2. The lowest BCUT2D eigenvalue weighted by Crippen LogP contribution is -2.16. The number of carbonyl (C=O) groups excluding carboxylic acids is 1. The Kier molecular flexibility index (Phi) is 5.48. The SMILES string of the molecule is Cc1cc2oc(=O)cc(COC(=O)Cc3ccc4c(c3)OCCO4)c2cc1C(C)C. The van der Waals surface area contributed by atoms with Crippen LogP contribution in [0, 0.1) is 6.92 Å². The standard InChI is InChI=1S/C24H24O6/c1-14(2)18-12-19-17(11-24(26)30-21(19)8-15(18)3)13-29-23(25)10-16-4-5-20-22(9-16)28-7-6-27-20/h4-5,8-9,11-12,14H,6-7,10,13H2,1-3H3. The van der Waals surface area contributed by atoms with Gasteiger partial charge in [-0.1, -0.05) is 19.9 Å². The predicted octanol–water partition coefficient (Wildman–Crippen LogP) is 4.28. The predicted molar refractivity (Wildman–Crippen MR) is 112 cm³/mol. The molecule has 0 unspecified atom stereocenters. The summed E-state index contributed by atoms with van der Waals surface area (Å²) < 4.78 is 21.9. The minimum atomic E-state index is -0.461. The lowest BCUT2D eigenvalue weighted by Gasteiger charge is -2.18. The number of carbonyl (C=O) groups is 1. The van der Waals surface area contributed by atoms with E-state index in [1.54, 1.807) is 12.1 Å². The third-order valence-corrected chi connectivity index (χ3v) is 5.18. The molecule has 0 bridgehead atoms. The van der Waals surface area contributed by atoms with Crippen LogP contribution in [0.4, 0.5) is 0 Å². The highest BCUT2D eigenvalue weighted by Gasteiger charge is 2.15. The fourth-order valence-corrected chi connectivity index (χ4v) is 3.71. The van der Waals surface area contributed by atoms with E-state index in [1.807, 2.05) is 25.1 Å². The highest BCUT2D eigenvalue weighted by atomic mass is 16.6. The van der Waals surface area contributed by atoms with Crippen molar-refractivity contribution in [3.63, 3.8) is 0 Å². The molecule has 1 aliphatic heterocycles. The second-order valence-electron chi connectivity index (χ2n) is 7.77. The van der Waals surface area contributed by atoms with Crippen molar-refractivity contribution in [3.8, 4) is 11.5 Å². The van der Waals surface area contributed by atoms with E-state index in [9.17, 15) is 9.59 Å². The van der Waals surface area contributed by atoms with E-state index in [0.717, 1.165) is 16.5 Å².